The highest BCUT2D eigenvalue weighted by atomic mass is 32.1. The highest BCUT2D eigenvalue weighted by Crippen LogP contribution is 2.30. The third kappa shape index (κ3) is 4.66. The van der Waals surface area contributed by atoms with E-state index < -0.39 is 5.82 Å². The number of thiazole rings is 1. The number of amides is 1. The van der Waals surface area contributed by atoms with Crippen molar-refractivity contribution in [2.75, 3.05) is 4.90 Å². The van der Waals surface area contributed by atoms with Crippen molar-refractivity contribution in [3.63, 3.8) is 0 Å². The zero-order valence-corrected chi connectivity index (χ0v) is 16.4. The van der Waals surface area contributed by atoms with Crippen LogP contribution in [0, 0.1) is 11.6 Å². The molecule has 0 spiro atoms. The molecule has 2 aromatic carbocycles. The number of ether oxygens (including phenoxy) is 1. The maximum atomic E-state index is 13.5. The molecule has 0 atom stereocenters. The van der Waals surface area contributed by atoms with E-state index in [1.807, 2.05) is 6.07 Å². The quantitative estimate of drug-likeness (QED) is 0.320. The molecule has 0 aliphatic heterocycles. The Hall–Kier alpha value is -3.65. The third-order valence-corrected chi connectivity index (χ3v) is 5.19. The Bertz CT molecular complexity index is 1190. The second-order valence-electron chi connectivity index (χ2n) is 6.27. The van der Waals surface area contributed by atoms with Crippen LogP contribution in [-0.4, -0.2) is 15.9 Å². The first kappa shape index (κ1) is 19.7. The monoisotopic (exact) mass is 423 g/mol. The fraction of sp³-hybridized carbons (Fsp3) is 0.0455. The van der Waals surface area contributed by atoms with Gasteiger partial charge < -0.3 is 4.74 Å². The number of hydrogen-bond donors (Lipinski definition) is 0. The van der Waals surface area contributed by atoms with E-state index in [9.17, 15) is 13.6 Å². The topological polar surface area (TPSA) is 55.3 Å². The number of carbonyl (C=O) groups excluding carboxylic acids is 1. The predicted molar refractivity (Wildman–Crippen MR) is 111 cm³/mol. The highest BCUT2D eigenvalue weighted by molar-refractivity contribution is 7.22. The van der Waals surface area contributed by atoms with E-state index in [-0.39, 0.29) is 18.3 Å². The molecule has 0 unspecified atom stereocenters. The highest BCUT2D eigenvalue weighted by Gasteiger charge is 2.19. The van der Waals surface area contributed by atoms with Crippen molar-refractivity contribution in [1.82, 2.24) is 9.97 Å². The van der Waals surface area contributed by atoms with Crippen molar-refractivity contribution >= 4 is 32.6 Å². The Morgan fingerprint density at radius 2 is 1.90 bits per heavy atom. The molecule has 2 aromatic heterocycles. The Balaban J connectivity index is 1.59. The van der Waals surface area contributed by atoms with Crippen molar-refractivity contribution in [2.24, 2.45) is 0 Å². The largest absolute Gasteiger partial charge is 0.465 e. The van der Waals surface area contributed by atoms with Crippen LogP contribution in [0.2, 0.25) is 0 Å². The van der Waals surface area contributed by atoms with Gasteiger partial charge in [-0.3, -0.25) is 14.7 Å². The first-order valence-electron chi connectivity index (χ1n) is 8.94. The van der Waals surface area contributed by atoms with Gasteiger partial charge in [0.25, 0.3) is 5.91 Å². The van der Waals surface area contributed by atoms with Crippen molar-refractivity contribution in [3.05, 3.63) is 96.5 Å². The summed E-state index contributed by atoms with van der Waals surface area (Å²) in [6.45, 7) is 0.232. The lowest BCUT2D eigenvalue weighted by Crippen LogP contribution is -2.28. The van der Waals surface area contributed by atoms with E-state index in [2.05, 4.69) is 9.97 Å². The molecular formula is C22H15F2N3O2S. The van der Waals surface area contributed by atoms with Gasteiger partial charge in [-0.2, -0.15) is 0 Å². The van der Waals surface area contributed by atoms with Crippen molar-refractivity contribution < 1.29 is 18.3 Å². The second kappa shape index (κ2) is 8.79. The van der Waals surface area contributed by atoms with Gasteiger partial charge >= 0.3 is 0 Å². The first-order chi connectivity index (χ1) is 14.6. The molecule has 8 heteroatoms. The third-order valence-electron chi connectivity index (χ3n) is 4.13. The number of anilines is 1. The van der Waals surface area contributed by atoms with Gasteiger partial charge in [0.15, 0.2) is 5.13 Å². The molecular weight excluding hydrogens is 408 g/mol. The van der Waals surface area contributed by atoms with Crippen molar-refractivity contribution in [1.29, 1.82) is 0 Å². The summed E-state index contributed by atoms with van der Waals surface area (Å²) in [5, 5.41) is 0.427. The van der Waals surface area contributed by atoms with Gasteiger partial charge in [0, 0.05) is 24.5 Å². The SMILES string of the molecule is O=C(C=COc1ccc(F)cc1)N(Cc1cccnc1)c1nc2cc(F)ccc2s1. The Labute approximate surface area is 174 Å². The van der Waals surface area contributed by atoms with Gasteiger partial charge in [-0.05, 0) is 48.0 Å². The first-order valence-corrected chi connectivity index (χ1v) is 9.75. The molecule has 0 aliphatic rings. The lowest BCUT2D eigenvalue weighted by Gasteiger charge is -2.18. The Morgan fingerprint density at radius 1 is 1.10 bits per heavy atom. The summed E-state index contributed by atoms with van der Waals surface area (Å²) in [5.41, 5.74) is 1.29. The van der Waals surface area contributed by atoms with Gasteiger partial charge in [-0.1, -0.05) is 17.4 Å². The Morgan fingerprint density at radius 3 is 2.67 bits per heavy atom. The minimum atomic E-state index is -0.392. The normalized spacial score (nSPS) is 11.1. The molecule has 2 heterocycles. The standard InChI is InChI=1S/C22H15F2N3O2S/c23-16-3-6-18(7-4-16)29-11-9-21(28)27(14-15-2-1-10-25-13-15)22-26-19-12-17(24)5-8-20(19)30-22/h1-13H,14H2. The maximum absolute atomic E-state index is 13.5. The lowest BCUT2D eigenvalue weighted by atomic mass is 10.2. The summed E-state index contributed by atoms with van der Waals surface area (Å²) < 4.78 is 32.6. The molecule has 4 aromatic rings. The summed E-state index contributed by atoms with van der Waals surface area (Å²) >= 11 is 1.28. The Kier molecular flexibility index (Phi) is 5.76. The molecule has 1 amide bonds. The average molecular weight is 423 g/mol. The molecule has 4 rings (SSSR count). The van der Waals surface area contributed by atoms with Gasteiger partial charge in [0.05, 0.1) is 23.0 Å². The number of rotatable bonds is 6. The molecule has 5 nitrogen and oxygen atoms in total. The average Bonchev–Trinajstić information content (AvgIpc) is 3.17. The zero-order valence-electron chi connectivity index (χ0n) is 15.5. The molecule has 0 saturated carbocycles. The minimum absolute atomic E-state index is 0.232. The smallest absolute Gasteiger partial charge is 0.256 e. The van der Waals surface area contributed by atoms with E-state index in [1.54, 1.807) is 24.5 Å². The number of nitrogens with zero attached hydrogens (tertiary/aromatic N) is 3. The molecule has 0 saturated heterocycles. The van der Waals surface area contributed by atoms with Crippen LogP contribution in [0.25, 0.3) is 10.2 Å². The lowest BCUT2D eigenvalue weighted by molar-refractivity contribution is -0.114. The van der Waals surface area contributed by atoms with E-state index in [4.69, 9.17) is 4.74 Å². The van der Waals surface area contributed by atoms with Crippen LogP contribution in [-0.2, 0) is 11.3 Å². The second-order valence-corrected chi connectivity index (χ2v) is 7.28. The molecule has 0 bridgehead atoms. The number of carbonyl (C=O) groups is 1. The molecule has 0 fully saturated rings. The number of pyridine rings is 1. The summed E-state index contributed by atoms with van der Waals surface area (Å²) in [6, 6.07) is 13.4. The fourth-order valence-corrected chi connectivity index (χ4v) is 3.64. The zero-order chi connectivity index (χ0) is 20.9. The number of aromatic nitrogens is 2. The van der Waals surface area contributed by atoms with Gasteiger partial charge in [-0.15, -0.1) is 0 Å². The molecule has 0 N–H and O–H groups in total. The summed E-state index contributed by atoms with van der Waals surface area (Å²) in [7, 11) is 0. The number of fused-ring (bicyclic) bond motifs is 1. The van der Waals surface area contributed by atoms with Crippen LogP contribution in [0.5, 0.6) is 5.75 Å². The predicted octanol–water partition coefficient (Wildman–Crippen LogP) is 5.10. The molecule has 150 valence electrons. The molecule has 30 heavy (non-hydrogen) atoms. The maximum Gasteiger partial charge on any atom is 0.256 e. The van der Waals surface area contributed by atoms with Gasteiger partial charge in [0.2, 0.25) is 0 Å². The van der Waals surface area contributed by atoms with E-state index in [0.717, 1.165) is 10.3 Å². The summed E-state index contributed by atoms with van der Waals surface area (Å²) in [4.78, 5) is 22.9. The van der Waals surface area contributed by atoms with Crippen molar-refractivity contribution in [2.45, 2.75) is 6.54 Å². The van der Waals surface area contributed by atoms with Gasteiger partial charge in [-0.25, -0.2) is 13.8 Å². The van der Waals surface area contributed by atoms with Gasteiger partial charge in [0.1, 0.15) is 17.4 Å². The minimum Gasteiger partial charge on any atom is -0.465 e. The van der Waals surface area contributed by atoms with E-state index >= 15 is 0 Å². The van der Waals surface area contributed by atoms with Crippen LogP contribution in [0.4, 0.5) is 13.9 Å². The number of halogens is 2. The van der Waals surface area contributed by atoms with Crippen LogP contribution in [0.1, 0.15) is 5.56 Å². The van der Waals surface area contributed by atoms with Crippen LogP contribution < -0.4 is 9.64 Å². The van der Waals surface area contributed by atoms with Crippen LogP contribution >= 0.6 is 11.3 Å². The van der Waals surface area contributed by atoms with E-state index in [0.29, 0.717) is 16.4 Å². The summed E-state index contributed by atoms with van der Waals surface area (Å²) in [5.74, 6) is -0.746. The van der Waals surface area contributed by atoms with Crippen LogP contribution in [0.15, 0.2) is 79.3 Å². The van der Waals surface area contributed by atoms with Crippen LogP contribution in [0.3, 0.4) is 0 Å². The van der Waals surface area contributed by atoms with E-state index in [1.165, 1.54) is 65.0 Å². The number of hydrogen-bond acceptors (Lipinski definition) is 5. The van der Waals surface area contributed by atoms with Crippen molar-refractivity contribution in [3.8, 4) is 5.75 Å². The number of benzene rings is 2. The fourth-order valence-electron chi connectivity index (χ4n) is 2.69. The molecule has 0 aliphatic carbocycles. The molecule has 0 radical (unpaired) electrons. The summed E-state index contributed by atoms with van der Waals surface area (Å²) in [6.07, 6.45) is 5.80.